The van der Waals surface area contributed by atoms with Crippen molar-refractivity contribution < 1.29 is 53.6 Å². The number of piperazine rings is 1. The third-order valence-electron chi connectivity index (χ3n) is 10.6. The highest BCUT2D eigenvalue weighted by atomic mass is 16.5. The summed E-state index contributed by atoms with van der Waals surface area (Å²) in [6.07, 6.45) is 1.42. The predicted octanol–water partition coefficient (Wildman–Crippen LogP) is 4.08. The molecular weight excluding hydrogens is 869 g/mol. The molecule has 21 heteroatoms. The molecule has 10 N–H and O–H groups in total. The van der Waals surface area contributed by atoms with Crippen molar-refractivity contribution in [3.05, 3.63) is 137 Å². The summed E-state index contributed by atoms with van der Waals surface area (Å²) in [6, 6.07) is 23.0. The van der Waals surface area contributed by atoms with E-state index in [1.165, 1.54) is 75.0 Å². The Labute approximate surface area is 381 Å². The zero-order valence-electron chi connectivity index (χ0n) is 35.9. The molecular formula is C46H44N10O11. The number of nitrogens with one attached hydrogen (secondary N) is 7. The normalized spacial score (nSPS) is 12.5. The first kappa shape index (κ1) is 46.0. The lowest BCUT2D eigenvalue weighted by atomic mass is 10.1. The van der Waals surface area contributed by atoms with Crippen LogP contribution in [0.5, 0.6) is 23.0 Å². The minimum Gasteiger partial charge on any atom is -0.504 e. The van der Waals surface area contributed by atoms with Gasteiger partial charge in [-0.1, -0.05) is 5.21 Å². The Bertz CT molecular complexity index is 2800. The smallest absolute Gasteiger partial charge is 0.339 e. The number of aromatic nitrogens is 3. The van der Waals surface area contributed by atoms with Crippen molar-refractivity contribution >= 4 is 63.9 Å². The summed E-state index contributed by atoms with van der Waals surface area (Å²) in [7, 11) is 2.38. The number of methoxy groups -OCH3 is 2. The molecule has 7 rings (SSSR count). The number of nitrogens with zero attached hydrogens (tertiary/aromatic N) is 3. The van der Waals surface area contributed by atoms with E-state index >= 15 is 0 Å². The summed E-state index contributed by atoms with van der Waals surface area (Å²) in [4.78, 5) is 80.2. The number of hydrogen-bond acceptors (Lipinski definition) is 14. The Morgan fingerprint density at radius 1 is 0.642 bits per heavy atom. The van der Waals surface area contributed by atoms with Crippen LogP contribution in [0.1, 0.15) is 57.5 Å². The lowest BCUT2D eigenvalue weighted by Gasteiger charge is -2.29. The molecule has 1 aromatic heterocycles. The van der Waals surface area contributed by atoms with Gasteiger partial charge < -0.3 is 61.6 Å². The maximum Gasteiger partial charge on any atom is 0.339 e. The van der Waals surface area contributed by atoms with Crippen molar-refractivity contribution in [2.75, 3.05) is 66.6 Å². The number of carbonyl (C=O) groups excluding carboxylic acids is 5. The highest BCUT2D eigenvalue weighted by Crippen LogP contribution is 2.40. The molecule has 1 atom stereocenters. The molecule has 6 aromatic rings. The lowest BCUT2D eigenvalue weighted by Crippen LogP contribution is -2.45. The van der Waals surface area contributed by atoms with Gasteiger partial charge in [-0.3, -0.25) is 29.1 Å². The number of aromatic hydroxyl groups is 2. The van der Waals surface area contributed by atoms with Crippen LogP contribution >= 0.6 is 0 Å². The average molecular weight is 913 g/mol. The molecule has 5 aromatic carbocycles. The maximum absolute atomic E-state index is 13.6. The number of rotatable bonds is 16. The van der Waals surface area contributed by atoms with Crippen molar-refractivity contribution in [3.8, 4) is 23.0 Å². The van der Waals surface area contributed by atoms with Crippen LogP contribution < -0.4 is 46.3 Å². The maximum atomic E-state index is 13.6. The molecule has 5 amide bonds. The molecule has 1 aliphatic heterocycles. The van der Waals surface area contributed by atoms with E-state index in [1.54, 1.807) is 24.3 Å². The molecule has 21 nitrogen and oxygen atoms in total. The van der Waals surface area contributed by atoms with E-state index < -0.39 is 52.7 Å². The van der Waals surface area contributed by atoms with Crippen molar-refractivity contribution in [1.82, 2.24) is 26.0 Å². The number of benzene rings is 5. The van der Waals surface area contributed by atoms with E-state index in [4.69, 9.17) is 9.47 Å². The Balaban J connectivity index is 0.962. The number of aromatic carboxylic acids is 1. The van der Waals surface area contributed by atoms with Gasteiger partial charge in [-0.15, -0.1) is 5.10 Å². The molecule has 0 aliphatic carbocycles. The van der Waals surface area contributed by atoms with E-state index in [-0.39, 0.29) is 57.6 Å². The van der Waals surface area contributed by atoms with E-state index in [0.717, 1.165) is 37.9 Å². The van der Waals surface area contributed by atoms with E-state index in [9.17, 15) is 44.1 Å². The Morgan fingerprint density at radius 2 is 1.15 bits per heavy atom. The number of H-pyrrole nitrogens is 1. The highest BCUT2D eigenvalue weighted by Gasteiger charge is 2.26. The Hall–Kier alpha value is -8.98. The summed E-state index contributed by atoms with van der Waals surface area (Å²) in [5.41, 5.74) is 2.26. The number of hydrogen-bond donors (Lipinski definition) is 10. The molecule has 1 saturated heterocycles. The second-order valence-electron chi connectivity index (χ2n) is 14.9. The Kier molecular flexibility index (Phi) is 14.2. The van der Waals surface area contributed by atoms with E-state index in [0.29, 0.717) is 16.9 Å². The molecule has 67 heavy (non-hydrogen) atoms. The fraction of sp³-hybridized carbons (Fsp3) is 0.174. The van der Waals surface area contributed by atoms with Crippen molar-refractivity contribution in [1.29, 1.82) is 0 Å². The number of carboxylic acid groups (broad SMARTS) is 1. The molecule has 0 bridgehead atoms. The zero-order chi connectivity index (χ0) is 47.6. The van der Waals surface area contributed by atoms with Crippen molar-refractivity contribution in [2.45, 2.75) is 12.5 Å². The standard InChI is InChI=1S/C46H44N10O11/c1-66-39-34(17-15-32(37(39)57)44(62)52-35-18-16-33(46(64)65)38(58)40(35)67-2)51-42(60)25-5-11-29(12-6-25)50-45(63)36(23-30-24-48-55-54-30)53-43(61)26-3-9-28(10-4-26)49-41(59)27-7-13-31(14-8-27)56-21-19-47-20-22-56/h3-18,24,36,47,57-58H,19-23H2,1-2H3,(H,49,59)(H,50,63)(H,51,60)(H,52,62)(H,53,61)(H,64,65)(H,48,54,55)/t36-/m0/s1. The topological polar surface area (TPSA) is 299 Å². The van der Waals surface area contributed by atoms with E-state index in [1.807, 2.05) is 12.1 Å². The number of anilines is 5. The molecule has 0 unspecified atom stereocenters. The second kappa shape index (κ2) is 20.7. The Morgan fingerprint density at radius 3 is 1.70 bits per heavy atom. The van der Waals surface area contributed by atoms with Crippen LogP contribution in [0.25, 0.3) is 0 Å². The van der Waals surface area contributed by atoms with Gasteiger partial charge in [0.05, 0.1) is 43.0 Å². The van der Waals surface area contributed by atoms with E-state index in [2.05, 4.69) is 52.2 Å². The molecule has 0 spiro atoms. The van der Waals surface area contributed by atoms with Crippen LogP contribution in [0.2, 0.25) is 0 Å². The monoisotopic (exact) mass is 912 g/mol. The van der Waals surface area contributed by atoms with Gasteiger partial charge in [0.25, 0.3) is 23.6 Å². The minimum atomic E-state index is -1.42. The molecule has 344 valence electrons. The van der Waals surface area contributed by atoms with Gasteiger partial charge in [0.15, 0.2) is 23.0 Å². The van der Waals surface area contributed by atoms with Crippen LogP contribution in [0, 0.1) is 0 Å². The number of ether oxygens (including phenoxy) is 2. The first-order valence-electron chi connectivity index (χ1n) is 20.5. The zero-order valence-corrected chi connectivity index (χ0v) is 35.9. The summed E-state index contributed by atoms with van der Waals surface area (Å²) >= 11 is 0. The molecule has 0 radical (unpaired) electrons. The molecule has 1 fully saturated rings. The fourth-order valence-electron chi connectivity index (χ4n) is 7.07. The average Bonchev–Trinajstić information content (AvgIpc) is 3.85. The predicted molar refractivity (Wildman–Crippen MR) is 245 cm³/mol. The summed E-state index contributed by atoms with van der Waals surface area (Å²) in [5, 5.41) is 57.4. The van der Waals surface area contributed by atoms with Gasteiger partial charge >= 0.3 is 5.97 Å². The third kappa shape index (κ3) is 10.9. The minimum absolute atomic E-state index is 0.000554. The highest BCUT2D eigenvalue weighted by molar-refractivity contribution is 6.11. The number of carboxylic acids is 1. The molecule has 1 aliphatic rings. The van der Waals surface area contributed by atoms with Crippen LogP contribution in [-0.4, -0.2) is 113 Å². The van der Waals surface area contributed by atoms with Crippen LogP contribution in [-0.2, 0) is 11.2 Å². The molecule has 2 heterocycles. The number of phenols is 2. The van der Waals surface area contributed by atoms with Gasteiger partial charge in [0.2, 0.25) is 5.91 Å². The van der Waals surface area contributed by atoms with Crippen molar-refractivity contribution in [3.63, 3.8) is 0 Å². The number of amides is 5. The first-order valence-corrected chi connectivity index (χ1v) is 20.5. The summed E-state index contributed by atoms with van der Waals surface area (Å²) in [5.74, 6) is -6.35. The number of carbonyl (C=O) groups is 6. The lowest BCUT2D eigenvalue weighted by molar-refractivity contribution is -0.118. The fourth-order valence-corrected chi connectivity index (χ4v) is 7.07. The van der Waals surface area contributed by atoms with Gasteiger partial charge in [-0.05, 0) is 97.1 Å². The van der Waals surface area contributed by atoms with Crippen LogP contribution in [0.15, 0.2) is 103 Å². The first-order chi connectivity index (χ1) is 32.3. The number of aromatic amines is 1. The van der Waals surface area contributed by atoms with Crippen LogP contribution in [0.4, 0.5) is 28.4 Å². The quantitative estimate of drug-likeness (QED) is 0.0655. The summed E-state index contributed by atoms with van der Waals surface area (Å²) in [6.45, 7) is 3.57. The number of phenolic OH excluding ortho intramolecular Hbond substituents is 1. The SMILES string of the molecule is COc1c(NC(=O)c2ccc(NC(=O)c3ccc(NC(=O)[C@H](Cc4cnn[nH]4)NC(=O)c4ccc(NC(=O)c5ccc(N6CCNCC6)cc5)cc4)cc3)c(OC)c2O)ccc(C(=O)O)c1O. The largest absolute Gasteiger partial charge is 0.504 e. The van der Waals surface area contributed by atoms with Gasteiger partial charge in [0.1, 0.15) is 11.6 Å². The van der Waals surface area contributed by atoms with Gasteiger partial charge in [-0.2, -0.15) is 0 Å². The van der Waals surface area contributed by atoms with Crippen LogP contribution in [0.3, 0.4) is 0 Å². The van der Waals surface area contributed by atoms with Crippen molar-refractivity contribution in [2.24, 2.45) is 0 Å². The van der Waals surface area contributed by atoms with Gasteiger partial charge in [-0.25, -0.2) is 4.79 Å². The van der Waals surface area contributed by atoms with Gasteiger partial charge in [0, 0.05) is 66.4 Å². The second-order valence-corrected chi connectivity index (χ2v) is 14.9. The summed E-state index contributed by atoms with van der Waals surface area (Å²) < 4.78 is 10.4. The third-order valence-corrected chi connectivity index (χ3v) is 10.6. The molecule has 0 saturated carbocycles.